The van der Waals surface area contributed by atoms with E-state index in [4.69, 9.17) is 11.6 Å². The molecule has 17 heavy (non-hydrogen) atoms. The second kappa shape index (κ2) is 4.67. The van der Waals surface area contributed by atoms with Crippen molar-refractivity contribution in [2.24, 2.45) is 0 Å². The number of halogens is 2. The molecule has 1 aromatic heterocycles. The Hall–Kier alpha value is -1.68. The van der Waals surface area contributed by atoms with Crippen LogP contribution >= 0.6 is 11.6 Å². The molecular formula is C12H11ClFN3. The fraction of sp³-hybridized carbons (Fsp3) is 0.167. The summed E-state index contributed by atoms with van der Waals surface area (Å²) in [5, 5.41) is 0.175. The lowest BCUT2D eigenvalue weighted by Crippen LogP contribution is -2.13. The van der Waals surface area contributed by atoms with Crippen LogP contribution in [-0.2, 0) is 0 Å². The number of nitrogens with zero attached hydrogens (tertiary/aromatic N) is 3. The molecule has 0 bridgehead atoms. The molecule has 0 amide bonds. The SMILES string of the molecule is Cc1cnc(Cl)nc1N(C)c1cccc(F)c1. The molecule has 0 radical (unpaired) electrons. The minimum atomic E-state index is -0.285. The lowest BCUT2D eigenvalue weighted by atomic mass is 10.2. The Balaban J connectivity index is 2.43. The van der Waals surface area contributed by atoms with Crippen molar-refractivity contribution in [1.29, 1.82) is 0 Å². The minimum absolute atomic E-state index is 0.175. The normalized spacial score (nSPS) is 10.4. The molecule has 0 spiro atoms. The van der Waals surface area contributed by atoms with Gasteiger partial charge in [0.2, 0.25) is 5.28 Å². The van der Waals surface area contributed by atoms with E-state index in [1.54, 1.807) is 30.3 Å². The van der Waals surface area contributed by atoms with Gasteiger partial charge in [-0.1, -0.05) is 6.07 Å². The highest BCUT2D eigenvalue weighted by molar-refractivity contribution is 6.28. The van der Waals surface area contributed by atoms with Gasteiger partial charge in [-0.05, 0) is 36.7 Å². The van der Waals surface area contributed by atoms with Gasteiger partial charge < -0.3 is 4.90 Å². The summed E-state index contributed by atoms with van der Waals surface area (Å²) in [6, 6.07) is 6.30. The van der Waals surface area contributed by atoms with E-state index in [1.165, 1.54) is 12.1 Å². The zero-order valence-electron chi connectivity index (χ0n) is 9.48. The Morgan fingerprint density at radius 1 is 1.35 bits per heavy atom. The van der Waals surface area contributed by atoms with Crippen molar-refractivity contribution in [2.45, 2.75) is 6.92 Å². The Morgan fingerprint density at radius 3 is 2.82 bits per heavy atom. The summed E-state index contributed by atoms with van der Waals surface area (Å²) in [4.78, 5) is 9.79. The van der Waals surface area contributed by atoms with Crippen LogP contribution in [0.1, 0.15) is 5.56 Å². The van der Waals surface area contributed by atoms with Crippen LogP contribution in [0.4, 0.5) is 15.9 Å². The Kier molecular flexibility index (Phi) is 3.24. The van der Waals surface area contributed by atoms with E-state index in [0.29, 0.717) is 11.5 Å². The average molecular weight is 252 g/mol. The molecule has 0 aliphatic rings. The molecule has 5 heteroatoms. The van der Waals surface area contributed by atoms with Crippen LogP contribution in [-0.4, -0.2) is 17.0 Å². The zero-order valence-corrected chi connectivity index (χ0v) is 10.2. The fourth-order valence-electron chi connectivity index (χ4n) is 1.56. The number of rotatable bonds is 2. The van der Waals surface area contributed by atoms with E-state index in [1.807, 2.05) is 6.92 Å². The lowest BCUT2D eigenvalue weighted by Gasteiger charge is -2.20. The van der Waals surface area contributed by atoms with Crippen molar-refractivity contribution in [2.75, 3.05) is 11.9 Å². The molecule has 0 saturated carbocycles. The van der Waals surface area contributed by atoms with Crippen molar-refractivity contribution in [3.8, 4) is 0 Å². The molecule has 2 rings (SSSR count). The van der Waals surface area contributed by atoms with Crippen LogP contribution in [0.25, 0.3) is 0 Å². The van der Waals surface area contributed by atoms with E-state index in [2.05, 4.69) is 9.97 Å². The molecule has 0 saturated heterocycles. The van der Waals surface area contributed by atoms with Crippen molar-refractivity contribution < 1.29 is 4.39 Å². The van der Waals surface area contributed by atoms with Gasteiger partial charge in [-0.25, -0.2) is 9.37 Å². The van der Waals surface area contributed by atoms with Gasteiger partial charge in [0.15, 0.2) is 0 Å². The molecule has 2 aromatic rings. The number of hydrogen-bond acceptors (Lipinski definition) is 3. The molecule has 1 aromatic carbocycles. The smallest absolute Gasteiger partial charge is 0.224 e. The van der Waals surface area contributed by atoms with Gasteiger partial charge in [0, 0.05) is 24.5 Å². The first-order chi connectivity index (χ1) is 8.08. The molecule has 0 N–H and O–H groups in total. The molecule has 1 heterocycles. The average Bonchev–Trinajstić information content (AvgIpc) is 2.31. The number of aryl methyl sites for hydroxylation is 1. The van der Waals surface area contributed by atoms with Crippen LogP contribution in [0.15, 0.2) is 30.5 Å². The Bertz CT molecular complexity index is 545. The van der Waals surface area contributed by atoms with Crippen LogP contribution in [0.3, 0.4) is 0 Å². The monoisotopic (exact) mass is 251 g/mol. The summed E-state index contributed by atoms with van der Waals surface area (Å²) in [6.45, 7) is 1.88. The van der Waals surface area contributed by atoms with Gasteiger partial charge in [-0.2, -0.15) is 4.98 Å². The van der Waals surface area contributed by atoms with Gasteiger partial charge in [-0.3, -0.25) is 0 Å². The molecule has 88 valence electrons. The van der Waals surface area contributed by atoms with Gasteiger partial charge in [0.1, 0.15) is 11.6 Å². The van der Waals surface area contributed by atoms with E-state index in [0.717, 1.165) is 5.56 Å². The second-order valence-corrected chi connectivity index (χ2v) is 4.02. The van der Waals surface area contributed by atoms with Crippen molar-refractivity contribution in [1.82, 2.24) is 9.97 Å². The standard InChI is InChI=1S/C12H11ClFN3/c1-8-7-15-12(13)16-11(8)17(2)10-5-3-4-9(14)6-10/h3-7H,1-2H3. The summed E-state index contributed by atoms with van der Waals surface area (Å²) in [5.41, 5.74) is 1.59. The van der Waals surface area contributed by atoms with Crippen molar-refractivity contribution in [3.63, 3.8) is 0 Å². The van der Waals surface area contributed by atoms with Gasteiger partial charge in [-0.15, -0.1) is 0 Å². The van der Waals surface area contributed by atoms with Crippen LogP contribution in [0, 0.1) is 12.7 Å². The minimum Gasteiger partial charge on any atom is -0.329 e. The maximum Gasteiger partial charge on any atom is 0.224 e. The predicted octanol–water partition coefficient (Wildman–Crippen LogP) is 3.35. The molecule has 0 aliphatic carbocycles. The van der Waals surface area contributed by atoms with Crippen molar-refractivity contribution >= 4 is 23.1 Å². The first-order valence-corrected chi connectivity index (χ1v) is 5.44. The first kappa shape index (κ1) is 11.8. The van der Waals surface area contributed by atoms with Gasteiger partial charge in [0.25, 0.3) is 0 Å². The van der Waals surface area contributed by atoms with E-state index >= 15 is 0 Å². The molecule has 3 nitrogen and oxygen atoms in total. The topological polar surface area (TPSA) is 29.0 Å². The van der Waals surface area contributed by atoms with Crippen LogP contribution < -0.4 is 4.90 Å². The lowest BCUT2D eigenvalue weighted by molar-refractivity contribution is 0.628. The summed E-state index contributed by atoms with van der Waals surface area (Å²) < 4.78 is 13.1. The van der Waals surface area contributed by atoms with Crippen LogP contribution in [0.5, 0.6) is 0 Å². The van der Waals surface area contributed by atoms with Crippen molar-refractivity contribution in [3.05, 3.63) is 47.1 Å². The molecule has 0 unspecified atom stereocenters. The third-order valence-electron chi connectivity index (χ3n) is 2.43. The van der Waals surface area contributed by atoms with E-state index in [-0.39, 0.29) is 11.1 Å². The predicted molar refractivity (Wildman–Crippen MR) is 66.2 cm³/mol. The highest BCUT2D eigenvalue weighted by Crippen LogP contribution is 2.25. The second-order valence-electron chi connectivity index (χ2n) is 3.68. The number of benzene rings is 1. The largest absolute Gasteiger partial charge is 0.329 e. The fourth-order valence-corrected chi connectivity index (χ4v) is 1.69. The van der Waals surface area contributed by atoms with E-state index < -0.39 is 0 Å². The number of anilines is 2. The Labute approximate surface area is 104 Å². The summed E-state index contributed by atoms with van der Waals surface area (Å²) in [5.74, 6) is 0.378. The third kappa shape index (κ3) is 2.53. The molecule has 0 fully saturated rings. The molecular weight excluding hydrogens is 241 g/mol. The zero-order chi connectivity index (χ0) is 12.4. The summed E-state index contributed by atoms with van der Waals surface area (Å²) in [7, 11) is 1.81. The summed E-state index contributed by atoms with van der Waals surface area (Å²) in [6.07, 6.45) is 1.64. The Morgan fingerprint density at radius 2 is 2.12 bits per heavy atom. The molecule has 0 atom stereocenters. The number of aromatic nitrogens is 2. The highest BCUT2D eigenvalue weighted by atomic mass is 35.5. The molecule has 0 aliphatic heterocycles. The van der Waals surface area contributed by atoms with E-state index in [9.17, 15) is 4.39 Å². The van der Waals surface area contributed by atoms with Crippen LogP contribution in [0.2, 0.25) is 5.28 Å². The first-order valence-electron chi connectivity index (χ1n) is 5.06. The maximum absolute atomic E-state index is 13.1. The number of hydrogen-bond donors (Lipinski definition) is 0. The van der Waals surface area contributed by atoms with Gasteiger partial charge in [0.05, 0.1) is 0 Å². The van der Waals surface area contributed by atoms with Gasteiger partial charge >= 0.3 is 0 Å². The quantitative estimate of drug-likeness (QED) is 0.767. The third-order valence-corrected chi connectivity index (χ3v) is 2.61. The summed E-state index contributed by atoms with van der Waals surface area (Å²) >= 11 is 5.76. The highest BCUT2D eigenvalue weighted by Gasteiger charge is 2.10. The maximum atomic E-state index is 13.1.